The van der Waals surface area contributed by atoms with E-state index in [1.165, 1.54) is 11.8 Å². The highest BCUT2D eigenvalue weighted by Crippen LogP contribution is 2.33. The monoisotopic (exact) mass is 518 g/mol. The fourth-order valence-corrected chi connectivity index (χ4v) is 4.61. The molecule has 5 nitrogen and oxygen atoms in total. The number of unbranched alkanes of at least 4 members (excludes halogenated alkanes) is 2. The molecule has 0 radical (unpaired) electrons. The average molecular weight is 519 g/mol. The third kappa shape index (κ3) is 6.92. The predicted molar refractivity (Wildman–Crippen MR) is 134 cm³/mol. The van der Waals surface area contributed by atoms with Crippen LogP contribution in [0.15, 0.2) is 57.9 Å². The Hall–Kier alpha value is -2.16. The molecule has 0 saturated carbocycles. The van der Waals surface area contributed by atoms with Crippen molar-refractivity contribution < 1.29 is 14.3 Å². The van der Waals surface area contributed by atoms with Crippen LogP contribution in [0, 0.1) is 0 Å². The average Bonchev–Trinajstić information content (AvgIpc) is 3.03. The summed E-state index contributed by atoms with van der Waals surface area (Å²) in [5, 5.41) is 2.89. The highest BCUT2D eigenvalue weighted by molar-refractivity contribution is 9.10. The minimum atomic E-state index is -0.0567. The number of ether oxygens (including phenoxy) is 1. The number of benzene rings is 2. The first kappa shape index (κ1) is 23.5. The number of hydrogen-bond acceptors (Lipinski definition) is 5. The fourth-order valence-electron chi connectivity index (χ4n) is 3.03. The van der Waals surface area contributed by atoms with E-state index >= 15 is 0 Å². The molecule has 1 aliphatic heterocycles. The SMILES string of the molecule is COc1ccc(/C=C2\SC(=S)N(CCCCCC(=O)Nc3ccc(Br)cc3)C2=O)cc1. The van der Waals surface area contributed by atoms with Crippen molar-refractivity contribution in [1.29, 1.82) is 0 Å². The predicted octanol–water partition coefficient (Wildman–Crippen LogP) is 5.86. The number of methoxy groups -OCH3 is 1. The van der Waals surface area contributed by atoms with Crippen molar-refractivity contribution >= 4 is 67.8 Å². The zero-order valence-electron chi connectivity index (χ0n) is 17.1. The van der Waals surface area contributed by atoms with Crippen molar-refractivity contribution in [2.45, 2.75) is 25.7 Å². The molecule has 2 aromatic carbocycles. The molecule has 1 N–H and O–H groups in total. The van der Waals surface area contributed by atoms with E-state index < -0.39 is 0 Å². The first-order chi connectivity index (χ1) is 15.0. The Morgan fingerprint density at radius 1 is 1.13 bits per heavy atom. The largest absolute Gasteiger partial charge is 0.497 e. The van der Waals surface area contributed by atoms with Gasteiger partial charge in [0.25, 0.3) is 5.91 Å². The van der Waals surface area contributed by atoms with Gasteiger partial charge in [-0.25, -0.2) is 0 Å². The topological polar surface area (TPSA) is 58.6 Å². The van der Waals surface area contributed by atoms with E-state index in [4.69, 9.17) is 17.0 Å². The second kappa shape index (κ2) is 11.5. The number of nitrogens with zero attached hydrogens (tertiary/aromatic N) is 1. The van der Waals surface area contributed by atoms with Crippen LogP contribution in [0.2, 0.25) is 0 Å². The van der Waals surface area contributed by atoms with Crippen molar-refractivity contribution in [2.75, 3.05) is 19.0 Å². The normalized spacial score (nSPS) is 14.9. The number of rotatable bonds is 9. The summed E-state index contributed by atoms with van der Waals surface area (Å²) >= 11 is 10.1. The minimum Gasteiger partial charge on any atom is -0.497 e. The van der Waals surface area contributed by atoms with Gasteiger partial charge in [0.2, 0.25) is 5.91 Å². The van der Waals surface area contributed by atoms with Gasteiger partial charge in [0, 0.05) is 23.1 Å². The van der Waals surface area contributed by atoms with Crippen LogP contribution in [-0.2, 0) is 9.59 Å². The minimum absolute atomic E-state index is 0.00430. The number of halogens is 1. The lowest BCUT2D eigenvalue weighted by Crippen LogP contribution is -2.29. The van der Waals surface area contributed by atoms with E-state index in [0.717, 1.165) is 40.7 Å². The summed E-state index contributed by atoms with van der Waals surface area (Å²) in [6, 6.07) is 15.0. The smallest absolute Gasteiger partial charge is 0.266 e. The first-order valence-corrected chi connectivity index (χ1v) is 11.9. The highest BCUT2D eigenvalue weighted by Gasteiger charge is 2.31. The summed E-state index contributed by atoms with van der Waals surface area (Å²) < 4.78 is 6.71. The van der Waals surface area contributed by atoms with Crippen LogP contribution in [0.5, 0.6) is 5.75 Å². The Balaban J connectivity index is 1.41. The molecule has 1 aliphatic rings. The molecule has 0 unspecified atom stereocenters. The van der Waals surface area contributed by atoms with Crippen molar-refractivity contribution in [3.05, 3.63) is 63.5 Å². The second-order valence-electron chi connectivity index (χ2n) is 6.97. The van der Waals surface area contributed by atoms with Gasteiger partial charge in [-0.05, 0) is 60.9 Å². The Morgan fingerprint density at radius 2 is 1.84 bits per heavy atom. The van der Waals surface area contributed by atoms with Crippen molar-refractivity contribution in [3.63, 3.8) is 0 Å². The number of thioether (sulfide) groups is 1. The lowest BCUT2D eigenvalue weighted by molar-refractivity contribution is -0.122. The summed E-state index contributed by atoms with van der Waals surface area (Å²) in [7, 11) is 1.62. The van der Waals surface area contributed by atoms with Gasteiger partial charge in [-0.15, -0.1) is 0 Å². The number of amides is 2. The highest BCUT2D eigenvalue weighted by atomic mass is 79.9. The van der Waals surface area contributed by atoms with Gasteiger partial charge in [0.15, 0.2) is 0 Å². The summed E-state index contributed by atoms with van der Waals surface area (Å²) in [6.07, 6.45) is 4.71. The molecule has 8 heteroatoms. The molecule has 31 heavy (non-hydrogen) atoms. The van der Waals surface area contributed by atoms with Crippen molar-refractivity contribution in [3.8, 4) is 5.75 Å². The molecular weight excluding hydrogens is 496 g/mol. The lowest BCUT2D eigenvalue weighted by atomic mass is 10.1. The van der Waals surface area contributed by atoms with Gasteiger partial charge in [-0.2, -0.15) is 0 Å². The quantitative estimate of drug-likeness (QED) is 0.256. The van der Waals surface area contributed by atoms with Gasteiger partial charge in [0.1, 0.15) is 10.1 Å². The Labute approximate surface area is 200 Å². The molecule has 2 aromatic rings. The van der Waals surface area contributed by atoms with Crippen LogP contribution in [-0.4, -0.2) is 34.7 Å². The van der Waals surface area contributed by atoms with E-state index in [1.54, 1.807) is 12.0 Å². The number of hydrogen-bond donors (Lipinski definition) is 1. The van der Waals surface area contributed by atoms with Gasteiger partial charge in [-0.3, -0.25) is 14.5 Å². The van der Waals surface area contributed by atoms with E-state index in [9.17, 15) is 9.59 Å². The molecule has 0 bridgehead atoms. The Kier molecular flexibility index (Phi) is 8.69. The zero-order valence-corrected chi connectivity index (χ0v) is 20.3. The lowest BCUT2D eigenvalue weighted by Gasteiger charge is -2.14. The van der Waals surface area contributed by atoms with E-state index in [0.29, 0.717) is 22.2 Å². The van der Waals surface area contributed by atoms with Gasteiger partial charge < -0.3 is 10.1 Å². The van der Waals surface area contributed by atoms with Gasteiger partial charge >= 0.3 is 0 Å². The number of anilines is 1. The van der Waals surface area contributed by atoms with Crippen molar-refractivity contribution in [2.24, 2.45) is 0 Å². The van der Waals surface area contributed by atoms with E-state index in [2.05, 4.69) is 21.2 Å². The summed E-state index contributed by atoms with van der Waals surface area (Å²) in [5.41, 5.74) is 1.72. The number of carbonyl (C=O) groups is 2. The molecule has 0 aliphatic carbocycles. The molecule has 1 heterocycles. The fraction of sp³-hybridized carbons (Fsp3) is 0.261. The van der Waals surface area contributed by atoms with Crippen LogP contribution in [0.1, 0.15) is 31.2 Å². The number of carbonyl (C=O) groups excluding carboxylic acids is 2. The molecule has 1 saturated heterocycles. The Morgan fingerprint density at radius 3 is 2.52 bits per heavy atom. The number of nitrogens with one attached hydrogen (secondary N) is 1. The molecule has 162 valence electrons. The van der Waals surface area contributed by atoms with Crippen molar-refractivity contribution in [1.82, 2.24) is 4.90 Å². The zero-order chi connectivity index (χ0) is 22.2. The van der Waals surface area contributed by atoms with Crippen LogP contribution in [0.25, 0.3) is 6.08 Å². The molecule has 0 atom stereocenters. The van der Waals surface area contributed by atoms with Crippen LogP contribution < -0.4 is 10.1 Å². The summed E-state index contributed by atoms with van der Waals surface area (Å²) in [6.45, 7) is 0.568. The van der Waals surface area contributed by atoms with Crippen LogP contribution >= 0.6 is 39.9 Å². The van der Waals surface area contributed by atoms with Crippen LogP contribution in [0.4, 0.5) is 5.69 Å². The van der Waals surface area contributed by atoms with Gasteiger partial charge in [-0.1, -0.05) is 58.5 Å². The molecule has 0 spiro atoms. The third-order valence-electron chi connectivity index (χ3n) is 4.70. The molecule has 1 fully saturated rings. The maximum Gasteiger partial charge on any atom is 0.266 e. The Bertz CT molecular complexity index is 975. The second-order valence-corrected chi connectivity index (χ2v) is 9.56. The summed E-state index contributed by atoms with van der Waals surface area (Å²) in [5.74, 6) is 0.712. The molecule has 0 aromatic heterocycles. The molecule has 3 rings (SSSR count). The molecule has 2 amide bonds. The summed E-state index contributed by atoms with van der Waals surface area (Å²) in [4.78, 5) is 27.0. The van der Waals surface area contributed by atoms with Crippen LogP contribution in [0.3, 0.4) is 0 Å². The third-order valence-corrected chi connectivity index (χ3v) is 6.61. The maximum absolute atomic E-state index is 12.7. The maximum atomic E-state index is 12.7. The standard InChI is InChI=1S/C23H23BrN2O3S2/c1-29-19-12-6-16(7-13-19)15-20-22(28)26(23(30)31-20)14-4-2-3-5-21(27)25-18-10-8-17(24)9-11-18/h6-13,15H,2-5,14H2,1H3,(H,25,27)/b20-15-. The van der Waals surface area contributed by atoms with E-state index in [-0.39, 0.29) is 11.8 Å². The van der Waals surface area contributed by atoms with Gasteiger partial charge in [0.05, 0.1) is 12.0 Å². The number of thiocarbonyl (C=S) groups is 1. The molecular formula is C23H23BrN2O3S2. The van der Waals surface area contributed by atoms with E-state index in [1.807, 2.05) is 54.6 Å². The first-order valence-electron chi connectivity index (χ1n) is 9.91.